The average molecular weight is 446 g/mol. The maximum atomic E-state index is 13.7. The van der Waals surface area contributed by atoms with Crippen molar-refractivity contribution in [1.82, 2.24) is 0 Å². The first-order valence-electron chi connectivity index (χ1n) is 9.58. The van der Waals surface area contributed by atoms with Crippen molar-refractivity contribution in [3.8, 4) is 5.75 Å². The standard InChI is InChI=1S/C24H16BrNO3/c25-24-15-9-3-1-7-13(15)19(14-8-2-4-10-16(14)24)20-21(24)23(29)26(22(20)28)17-11-5-6-12-18(17)27/h1-12,19-21,27H/t19?,20-,21+,24?/m0/s1. The molecule has 3 aromatic rings. The summed E-state index contributed by atoms with van der Waals surface area (Å²) in [4.78, 5) is 28.5. The number of halogens is 1. The summed E-state index contributed by atoms with van der Waals surface area (Å²) in [5, 5.41) is 10.3. The van der Waals surface area contributed by atoms with Gasteiger partial charge in [0.25, 0.3) is 0 Å². The van der Waals surface area contributed by atoms with Crippen molar-refractivity contribution in [3.05, 3.63) is 95.1 Å². The average Bonchev–Trinajstić information content (AvgIpc) is 3.01. The van der Waals surface area contributed by atoms with E-state index in [9.17, 15) is 14.7 Å². The van der Waals surface area contributed by atoms with E-state index in [-0.39, 0.29) is 29.2 Å². The number of benzene rings is 3. The highest BCUT2D eigenvalue weighted by Gasteiger charge is 2.67. The van der Waals surface area contributed by atoms with Gasteiger partial charge in [0.1, 0.15) is 5.75 Å². The van der Waals surface area contributed by atoms with Crippen molar-refractivity contribution >= 4 is 33.4 Å². The Labute approximate surface area is 175 Å². The molecule has 4 aliphatic rings. The van der Waals surface area contributed by atoms with Crippen molar-refractivity contribution in [2.75, 3.05) is 4.90 Å². The number of para-hydroxylation sites is 2. The molecule has 0 aromatic heterocycles. The summed E-state index contributed by atoms with van der Waals surface area (Å²) in [6.07, 6.45) is 0. The van der Waals surface area contributed by atoms with Crippen LogP contribution in [-0.2, 0) is 13.9 Å². The van der Waals surface area contributed by atoms with Gasteiger partial charge in [0.05, 0.1) is 21.8 Å². The van der Waals surface area contributed by atoms with Gasteiger partial charge in [-0.3, -0.25) is 9.59 Å². The number of carbonyl (C=O) groups excluding carboxylic acids is 2. The Morgan fingerprint density at radius 1 is 0.793 bits per heavy atom. The van der Waals surface area contributed by atoms with E-state index >= 15 is 0 Å². The largest absolute Gasteiger partial charge is 0.506 e. The Kier molecular flexibility index (Phi) is 3.26. The van der Waals surface area contributed by atoms with Crippen LogP contribution in [0.1, 0.15) is 28.2 Å². The smallest absolute Gasteiger partial charge is 0.239 e. The summed E-state index contributed by atoms with van der Waals surface area (Å²) in [6.45, 7) is 0. The molecule has 1 saturated heterocycles. The van der Waals surface area contributed by atoms with Gasteiger partial charge in [0, 0.05) is 5.92 Å². The predicted molar refractivity (Wildman–Crippen MR) is 112 cm³/mol. The molecule has 7 rings (SSSR count). The van der Waals surface area contributed by atoms with Gasteiger partial charge >= 0.3 is 0 Å². The summed E-state index contributed by atoms with van der Waals surface area (Å²) >= 11 is 3.96. The number of phenolic OH excluding ortho intramolecular Hbond substituents is 1. The van der Waals surface area contributed by atoms with Crippen LogP contribution in [0.2, 0.25) is 0 Å². The zero-order valence-corrected chi connectivity index (χ0v) is 16.8. The number of nitrogens with zero attached hydrogens (tertiary/aromatic N) is 1. The minimum Gasteiger partial charge on any atom is -0.506 e. The lowest BCUT2D eigenvalue weighted by Gasteiger charge is -2.51. The second-order valence-electron chi connectivity index (χ2n) is 7.87. The van der Waals surface area contributed by atoms with Crippen molar-refractivity contribution in [2.24, 2.45) is 11.8 Å². The van der Waals surface area contributed by atoms with Gasteiger partial charge in [-0.15, -0.1) is 0 Å². The molecule has 0 unspecified atom stereocenters. The van der Waals surface area contributed by atoms with Crippen LogP contribution < -0.4 is 4.90 Å². The maximum absolute atomic E-state index is 13.7. The zero-order valence-electron chi connectivity index (χ0n) is 15.2. The molecule has 4 nitrogen and oxygen atoms in total. The van der Waals surface area contributed by atoms with E-state index in [0.717, 1.165) is 22.3 Å². The monoisotopic (exact) mass is 445 g/mol. The molecule has 142 valence electrons. The van der Waals surface area contributed by atoms with Crippen molar-refractivity contribution in [1.29, 1.82) is 0 Å². The molecule has 1 heterocycles. The summed E-state index contributed by atoms with van der Waals surface area (Å²) < 4.78 is -0.772. The molecule has 0 saturated carbocycles. The first kappa shape index (κ1) is 17.0. The van der Waals surface area contributed by atoms with Gasteiger partial charge in [0.15, 0.2) is 0 Å². The third-order valence-corrected chi connectivity index (χ3v) is 7.98. The van der Waals surface area contributed by atoms with Crippen LogP contribution in [0.4, 0.5) is 5.69 Å². The zero-order chi connectivity index (χ0) is 19.9. The van der Waals surface area contributed by atoms with Crippen LogP contribution in [-0.4, -0.2) is 16.9 Å². The second-order valence-corrected chi connectivity index (χ2v) is 9.12. The number of alkyl halides is 1. The number of anilines is 1. The predicted octanol–water partition coefficient (Wildman–Crippen LogP) is 4.30. The Hall–Kier alpha value is -2.92. The van der Waals surface area contributed by atoms with Crippen LogP contribution >= 0.6 is 15.9 Å². The molecule has 2 bridgehead atoms. The highest BCUT2D eigenvalue weighted by atomic mass is 79.9. The molecule has 0 spiro atoms. The summed E-state index contributed by atoms with van der Waals surface area (Å²) in [6, 6.07) is 22.6. The van der Waals surface area contributed by atoms with E-state index in [1.165, 1.54) is 11.0 Å². The molecular weight excluding hydrogens is 430 g/mol. The van der Waals surface area contributed by atoms with Crippen molar-refractivity contribution in [2.45, 2.75) is 10.2 Å². The minimum absolute atomic E-state index is 0.0705. The van der Waals surface area contributed by atoms with Crippen LogP contribution in [0, 0.1) is 11.8 Å². The molecule has 1 N–H and O–H groups in total. The first-order chi connectivity index (χ1) is 14.0. The summed E-state index contributed by atoms with van der Waals surface area (Å²) in [5.74, 6) is -1.85. The van der Waals surface area contributed by atoms with E-state index < -0.39 is 16.2 Å². The minimum atomic E-state index is -0.772. The molecule has 2 amide bonds. The second kappa shape index (κ2) is 5.57. The highest BCUT2D eigenvalue weighted by Crippen LogP contribution is 2.66. The van der Waals surface area contributed by atoms with Crippen molar-refractivity contribution < 1.29 is 14.7 Å². The molecular formula is C24H16BrNO3. The van der Waals surface area contributed by atoms with E-state index in [4.69, 9.17) is 0 Å². The molecule has 1 aliphatic heterocycles. The summed E-state index contributed by atoms with van der Waals surface area (Å²) in [7, 11) is 0. The third-order valence-electron chi connectivity index (χ3n) is 6.64. The molecule has 5 heteroatoms. The Balaban J connectivity index is 1.64. The van der Waals surface area contributed by atoms with Crippen molar-refractivity contribution in [3.63, 3.8) is 0 Å². The van der Waals surface area contributed by atoms with Crippen LogP contribution in [0.25, 0.3) is 0 Å². The number of aromatic hydroxyl groups is 1. The lowest BCUT2D eigenvalue weighted by atomic mass is 9.55. The molecule has 2 atom stereocenters. The fourth-order valence-electron chi connectivity index (χ4n) is 5.57. The Bertz CT molecular complexity index is 1170. The van der Waals surface area contributed by atoms with E-state index in [0.29, 0.717) is 0 Å². The highest BCUT2D eigenvalue weighted by molar-refractivity contribution is 9.09. The number of rotatable bonds is 1. The van der Waals surface area contributed by atoms with E-state index in [1.807, 2.05) is 36.4 Å². The number of carbonyl (C=O) groups is 2. The van der Waals surface area contributed by atoms with E-state index in [1.54, 1.807) is 18.2 Å². The quantitative estimate of drug-likeness (QED) is 0.448. The van der Waals surface area contributed by atoms with Gasteiger partial charge in [-0.05, 0) is 34.4 Å². The summed E-state index contributed by atoms with van der Waals surface area (Å²) in [5.41, 5.74) is 4.52. The first-order valence-corrected chi connectivity index (χ1v) is 10.4. The van der Waals surface area contributed by atoms with E-state index in [2.05, 4.69) is 28.1 Å². The van der Waals surface area contributed by atoms with Gasteiger partial charge in [-0.1, -0.05) is 76.6 Å². The van der Waals surface area contributed by atoms with Crippen LogP contribution in [0.5, 0.6) is 5.75 Å². The fourth-order valence-corrected chi connectivity index (χ4v) is 6.77. The molecule has 0 radical (unpaired) electrons. The fraction of sp³-hybridized carbons (Fsp3) is 0.167. The van der Waals surface area contributed by atoms with Crippen LogP contribution in [0.15, 0.2) is 72.8 Å². The molecule has 3 aromatic carbocycles. The maximum Gasteiger partial charge on any atom is 0.239 e. The van der Waals surface area contributed by atoms with Gasteiger partial charge < -0.3 is 5.11 Å². The number of imide groups is 1. The third kappa shape index (κ3) is 1.89. The lowest BCUT2D eigenvalue weighted by molar-refractivity contribution is -0.122. The normalized spacial score (nSPS) is 28.9. The molecule has 29 heavy (non-hydrogen) atoms. The lowest BCUT2D eigenvalue weighted by Crippen LogP contribution is -2.50. The Morgan fingerprint density at radius 2 is 1.34 bits per heavy atom. The molecule has 3 aliphatic carbocycles. The number of hydrogen-bond donors (Lipinski definition) is 1. The number of amides is 2. The number of hydrogen-bond acceptors (Lipinski definition) is 3. The van der Waals surface area contributed by atoms with Crippen LogP contribution in [0.3, 0.4) is 0 Å². The topological polar surface area (TPSA) is 57.6 Å². The Morgan fingerprint density at radius 3 is 1.97 bits per heavy atom. The molecule has 1 fully saturated rings. The van der Waals surface area contributed by atoms with Gasteiger partial charge in [-0.25, -0.2) is 4.90 Å². The van der Waals surface area contributed by atoms with Gasteiger partial charge in [-0.2, -0.15) is 0 Å². The number of phenols is 1. The van der Waals surface area contributed by atoms with Gasteiger partial charge in [0.2, 0.25) is 11.8 Å². The SMILES string of the molecule is O=C1[C@H]2C3c4ccccc4C(Br)(c4ccccc43)[C@H]2C(=O)N1c1ccccc1O.